The number of rotatable bonds is 2. The number of hydrogen-bond acceptors (Lipinski definition) is 4. The third-order valence-corrected chi connectivity index (χ3v) is 2.62. The number of benzene rings is 1. The lowest BCUT2D eigenvalue weighted by Crippen LogP contribution is -2.18. The summed E-state index contributed by atoms with van der Waals surface area (Å²) in [4.78, 5) is 0. The Morgan fingerprint density at radius 2 is 2.11 bits per heavy atom. The molecule has 2 aromatic rings. The van der Waals surface area contributed by atoms with Crippen molar-refractivity contribution >= 4 is 28.1 Å². The Morgan fingerprint density at radius 3 is 2.67 bits per heavy atom. The minimum absolute atomic E-state index is 0.00986. The number of ether oxygens (including phenoxy) is 1. The molecular formula is C8H4BrF3N4OS. The van der Waals surface area contributed by atoms with Gasteiger partial charge in [-0.3, -0.25) is 0 Å². The monoisotopic (exact) mass is 340 g/mol. The molecule has 0 radical (unpaired) electrons. The maximum atomic E-state index is 12.3. The van der Waals surface area contributed by atoms with E-state index in [9.17, 15) is 13.2 Å². The van der Waals surface area contributed by atoms with E-state index in [1.165, 1.54) is 12.1 Å². The summed E-state index contributed by atoms with van der Waals surface area (Å²) in [5, 5.41) is 9.23. The van der Waals surface area contributed by atoms with E-state index in [-0.39, 0.29) is 10.5 Å². The lowest BCUT2D eigenvalue weighted by atomic mass is 10.3. The van der Waals surface area contributed by atoms with E-state index < -0.39 is 12.1 Å². The van der Waals surface area contributed by atoms with E-state index in [0.29, 0.717) is 4.47 Å². The van der Waals surface area contributed by atoms with Crippen molar-refractivity contribution < 1.29 is 17.9 Å². The minimum atomic E-state index is -4.80. The normalized spacial score (nSPS) is 11.6. The second-order valence-electron chi connectivity index (χ2n) is 3.08. The molecular weight excluding hydrogens is 337 g/mol. The maximum Gasteiger partial charge on any atom is 0.573 e. The smallest absolute Gasteiger partial charge is 0.403 e. The van der Waals surface area contributed by atoms with Crippen LogP contribution in [0.3, 0.4) is 0 Å². The van der Waals surface area contributed by atoms with Crippen molar-refractivity contribution in [2.45, 2.75) is 6.36 Å². The summed E-state index contributed by atoms with van der Waals surface area (Å²) >= 11 is 7.87. The van der Waals surface area contributed by atoms with Crippen LogP contribution >= 0.6 is 28.1 Å². The Kier molecular flexibility index (Phi) is 3.39. The Balaban J connectivity index is 2.54. The van der Waals surface area contributed by atoms with Crippen LogP contribution in [-0.4, -0.2) is 26.6 Å². The van der Waals surface area contributed by atoms with Gasteiger partial charge in [-0.1, -0.05) is 26.2 Å². The third kappa shape index (κ3) is 2.88. The quantitative estimate of drug-likeness (QED) is 0.854. The van der Waals surface area contributed by atoms with Crippen molar-refractivity contribution in [3.8, 4) is 11.4 Å². The lowest BCUT2D eigenvalue weighted by molar-refractivity contribution is -0.274. The first kappa shape index (κ1) is 13.0. The highest BCUT2D eigenvalue weighted by Crippen LogP contribution is 2.31. The number of H-pyrrole nitrogens is 1. The van der Waals surface area contributed by atoms with Gasteiger partial charge in [-0.15, -0.1) is 13.2 Å². The second kappa shape index (κ2) is 4.69. The van der Waals surface area contributed by atoms with Gasteiger partial charge in [-0.25, -0.2) is 4.68 Å². The third-order valence-electron chi connectivity index (χ3n) is 1.86. The fraction of sp³-hybridized carbons (Fsp3) is 0.125. The molecule has 18 heavy (non-hydrogen) atoms. The zero-order chi connectivity index (χ0) is 13.3. The van der Waals surface area contributed by atoms with Crippen LogP contribution in [0.5, 0.6) is 5.75 Å². The van der Waals surface area contributed by atoms with Gasteiger partial charge < -0.3 is 4.74 Å². The first-order valence-electron chi connectivity index (χ1n) is 4.42. The first-order valence-corrected chi connectivity index (χ1v) is 5.63. The number of nitrogens with one attached hydrogen (secondary N) is 1. The standard InChI is InChI=1S/C8H4BrF3N4OS/c9-4-1-2-5(16-7(18)13-14-15-16)6(3-4)17-8(10,11)12/h1-3H,(H,13,15,18). The summed E-state index contributed by atoms with van der Waals surface area (Å²) in [6, 6.07) is 4.10. The molecule has 0 aliphatic carbocycles. The largest absolute Gasteiger partial charge is 0.573 e. The van der Waals surface area contributed by atoms with Crippen LogP contribution in [0.25, 0.3) is 5.69 Å². The highest BCUT2D eigenvalue weighted by Gasteiger charge is 2.32. The topological polar surface area (TPSA) is 55.7 Å². The van der Waals surface area contributed by atoms with Crippen molar-refractivity contribution in [3.05, 3.63) is 27.4 Å². The summed E-state index contributed by atoms with van der Waals surface area (Å²) in [7, 11) is 0. The molecule has 1 N–H and O–H groups in total. The first-order chi connectivity index (χ1) is 8.37. The number of halogens is 4. The van der Waals surface area contributed by atoms with Gasteiger partial charge in [0.15, 0.2) is 5.75 Å². The number of alkyl halides is 3. The molecule has 0 aliphatic heterocycles. The van der Waals surface area contributed by atoms with Gasteiger partial charge in [0.05, 0.1) is 0 Å². The zero-order valence-corrected chi connectivity index (χ0v) is 10.8. The number of tetrazole rings is 1. The Hall–Kier alpha value is -1.42. The van der Waals surface area contributed by atoms with Gasteiger partial charge in [0.1, 0.15) is 5.69 Å². The summed E-state index contributed by atoms with van der Waals surface area (Å²) in [6.07, 6.45) is -4.80. The van der Waals surface area contributed by atoms with Crippen LogP contribution < -0.4 is 4.74 Å². The van der Waals surface area contributed by atoms with Gasteiger partial charge in [-0.05, 0) is 30.4 Å². The summed E-state index contributed by atoms with van der Waals surface area (Å²) in [5.41, 5.74) is 0.0607. The molecule has 0 saturated carbocycles. The number of aromatic nitrogens is 4. The zero-order valence-electron chi connectivity index (χ0n) is 8.40. The van der Waals surface area contributed by atoms with Crippen LogP contribution in [0, 0.1) is 4.77 Å². The van der Waals surface area contributed by atoms with Crippen LogP contribution in [0.1, 0.15) is 0 Å². The summed E-state index contributed by atoms with van der Waals surface area (Å²) in [5.74, 6) is -0.418. The lowest BCUT2D eigenvalue weighted by Gasteiger charge is -2.13. The van der Waals surface area contributed by atoms with Crippen molar-refractivity contribution in [1.82, 2.24) is 20.2 Å². The van der Waals surface area contributed by atoms with Crippen molar-refractivity contribution in [2.75, 3.05) is 0 Å². The SMILES string of the molecule is FC(F)(F)Oc1cc(Br)ccc1-n1[nH]nnc1=S. The molecule has 10 heteroatoms. The van der Waals surface area contributed by atoms with Crippen molar-refractivity contribution in [3.63, 3.8) is 0 Å². The average molecular weight is 341 g/mol. The van der Waals surface area contributed by atoms with Crippen LogP contribution in [0.2, 0.25) is 0 Å². The minimum Gasteiger partial charge on any atom is -0.403 e. The predicted molar refractivity (Wildman–Crippen MR) is 60.9 cm³/mol. The van der Waals surface area contributed by atoms with E-state index in [4.69, 9.17) is 12.2 Å². The van der Waals surface area contributed by atoms with Gasteiger partial charge in [-0.2, -0.15) is 5.21 Å². The molecule has 0 saturated heterocycles. The molecule has 96 valence electrons. The molecule has 1 heterocycles. The molecule has 1 aromatic carbocycles. The maximum absolute atomic E-state index is 12.3. The van der Waals surface area contributed by atoms with E-state index >= 15 is 0 Å². The fourth-order valence-corrected chi connectivity index (χ4v) is 1.75. The predicted octanol–water partition coefficient (Wildman–Crippen LogP) is 2.99. The summed E-state index contributed by atoms with van der Waals surface area (Å²) < 4.78 is 42.3. The molecule has 0 aliphatic rings. The van der Waals surface area contributed by atoms with Gasteiger partial charge in [0, 0.05) is 4.47 Å². The number of nitrogens with zero attached hydrogens (tertiary/aromatic N) is 3. The molecule has 5 nitrogen and oxygen atoms in total. The van der Waals surface area contributed by atoms with E-state index in [2.05, 4.69) is 36.2 Å². The molecule has 2 rings (SSSR count). The Morgan fingerprint density at radius 1 is 1.39 bits per heavy atom. The molecule has 1 aromatic heterocycles. The molecule has 0 bridgehead atoms. The molecule has 0 spiro atoms. The van der Waals surface area contributed by atoms with E-state index in [0.717, 1.165) is 4.68 Å². The highest BCUT2D eigenvalue weighted by atomic mass is 79.9. The number of aromatic amines is 1. The van der Waals surface area contributed by atoms with Crippen LogP contribution in [0.15, 0.2) is 22.7 Å². The average Bonchev–Trinajstić information content (AvgIpc) is 2.62. The van der Waals surface area contributed by atoms with Crippen LogP contribution in [-0.2, 0) is 0 Å². The Labute approximate surface area is 112 Å². The molecule has 0 amide bonds. The van der Waals surface area contributed by atoms with Crippen LogP contribution in [0.4, 0.5) is 13.2 Å². The van der Waals surface area contributed by atoms with Gasteiger partial charge in [0.25, 0.3) is 0 Å². The van der Waals surface area contributed by atoms with Crippen molar-refractivity contribution in [2.24, 2.45) is 0 Å². The summed E-state index contributed by atoms with van der Waals surface area (Å²) in [6.45, 7) is 0. The van der Waals surface area contributed by atoms with E-state index in [1.54, 1.807) is 6.07 Å². The fourth-order valence-electron chi connectivity index (χ4n) is 1.23. The highest BCUT2D eigenvalue weighted by molar-refractivity contribution is 9.10. The number of hydrogen-bond donors (Lipinski definition) is 1. The van der Waals surface area contributed by atoms with Gasteiger partial charge in [0.2, 0.25) is 4.77 Å². The molecule has 0 fully saturated rings. The second-order valence-corrected chi connectivity index (χ2v) is 4.36. The molecule has 0 atom stereocenters. The van der Waals surface area contributed by atoms with E-state index in [1.807, 2.05) is 0 Å². The van der Waals surface area contributed by atoms with Crippen molar-refractivity contribution in [1.29, 1.82) is 0 Å². The Bertz CT molecular complexity index is 623. The molecule has 0 unspecified atom stereocenters. The van der Waals surface area contributed by atoms with Gasteiger partial charge >= 0.3 is 6.36 Å².